The fourth-order valence-corrected chi connectivity index (χ4v) is 3.38. The Kier molecular flexibility index (Phi) is 3.82. The van der Waals surface area contributed by atoms with Crippen molar-refractivity contribution in [2.75, 3.05) is 0 Å². The standard InChI is InChI=1S/C16H13N3O4S/c1-11(16(20)21)13-6-7-19(10-13)24(22,23)15-4-2-12(3-5-15)14-8-17-18-9-14/h2-10H,1H2,(H,17,18)(H,20,21). The monoisotopic (exact) mass is 343 g/mol. The molecule has 8 heteroatoms. The van der Waals surface area contributed by atoms with Crippen LogP contribution in [0.1, 0.15) is 5.56 Å². The van der Waals surface area contributed by atoms with Crippen molar-refractivity contribution in [1.29, 1.82) is 0 Å². The number of carbonyl (C=O) groups is 1. The lowest BCUT2D eigenvalue weighted by molar-refractivity contribution is -0.130. The molecule has 0 saturated carbocycles. The van der Waals surface area contributed by atoms with E-state index in [0.29, 0.717) is 0 Å². The Morgan fingerprint density at radius 3 is 2.46 bits per heavy atom. The van der Waals surface area contributed by atoms with Gasteiger partial charge in [0.1, 0.15) is 0 Å². The normalized spacial score (nSPS) is 11.3. The summed E-state index contributed by atoms with van der Waals surface area (Å²) in [7, 11) is -3.80. The molecule has 2 aromatic heterocycles. The molecule has 0 fully saturated rings. The molecule has 0 aliphatic rings. The number of aromatic nitrogens is 3. The van der Waals surface area contributed by atoms with Crippen molar-refractivity contribution in [1.82, 2.24) is 14.2 Å². The number of hydrogen-bond donors (Lipinski definition) is 2. The first-order valence-corrected chi connectivity index (χ1v) is 8.29. The molecule has 0 atom stereocenters. The average Bonchev–Trinajstić information content (AvgIpc) is 3.26. The van der Waals surface area contributed by atoms with Gasteiger partial charge in [-0.05, 0) is 23.8 Å². The molecule has 3 rings (SSSR count). The van der Waals surface area contributed by atoms with Gasteiger partial charge in [-0.25, -0.2) is 17.2 Å². The zero-order chi connectivity index (χ0) is 17.3. The summed E-state index contributed by atoms with van der Waals surface area (Å²) < 4.78 is 26.2. The number of carboxylic acids is 1. The van der Waals surface area contributed by atoms with E-state index < -0.39 is 16.0 Å². The van der Waals surface area contributed by atoms with E-state index in [4.69, 9.17) is 5.11 Å². The highest BCUT2D eigenvalue weighted by atomic mass is 32.2. The van der Waals surface area contributed by atoms with Crippen LogP contribution in [0.3, 0.4) is 0 Å². The molecular weight excluding hydrogens is 330 g/mol. The summed E-state index contributed by atoms with van der Waals surface area (Å²) in [6.07, 6.45) is 5.87. The molecule has 0 aliphatic carbocycles. The van der Waals surface area contributed by atoms with Crippen molar-refractivity contribution in [2.45, 2.75) is 4.90 Å². The van der Waals surface area contributed by atoms with Crippen LogP contribution in [0.4, 0.5) is 0 Å². The summed E-state index contributed by atoms with van der Waals surface area (Å²) in [6, 6.07) is 7.73. The van der Waals surface area contributed by atoms with E-state index in [1.165, 1.54) is 30.6 Å². The van der Waals surface area contributed by atoms with Crippen LogP contribution in [0.2, 0.25) is 0 Å². The zero-order valence-electron chi connectivity index (χ0n) is 12.4. The Hall–Kier alpha value is -3.13. The maximum Gasteiger partial charge on any atom is 0.335 e. The Morgan fingerprint density at radius 2 is 1.88 bits per heavy atom. The topological polar surface area (TPSA) is 105 Å². The third kappa shape index (κ3) is 2.74. The van der Waals surface area contributed by atoms with Gasteiger partial charge in [-0.3, -0.25) is 5.10 Å². The van der Waals surface area contributed by atoms with Gasteiger partial charge in [-0.1, -0.05) is 18.7 Å². The fourth-order valence-electron chi connectivity index (χ4n) is 2.18. The molecule has 7 nitrogen and oxygen atoms in total. The molecule has 0 aliphatic heterocycles. The minimum Gasteiger partial charge on any atom is -0.478 e. The van der Waals surface area contributed by atoms with E-state index in [1.807, 2.05) is 0 Å². The lowest BCUT2D eigenvalue weighted by Crippen LogP contribution is -2.10. The molecule has 1 aromatic carbocycles. The number of hydrogen-bond acceptors (Lipinski definition) is 4. The van der Waals surface area contributed by atoms with Crippen LogP contribution in [0, 0.1) is 0 Å². The maximum atomic E-state index is 12.6. The largest absolute Gasteiger partial charge is 0.478 e. The van der Waals surface area contributed by atoms with Gasteiger partial charge in [0.25, 0.3) is 10.0 Å². The van der Waals surface area contributed by atoms with Crippen LogP contribution in [0.25, 0.3) is 16.7 Å². The van der Waals surface area contributed by atoms with Gasteiger partial charge >= 0.3 is 5.97 Å². The second-order valence-electron chi connectivity index (χ2n) is 5.03. The van der Waals surface area contributed by atoms with E-state index in [0.717, 1.165) is 15.1 Å². The molecule has 0 radical (unpaired) electrons. The molecular formula is C16H13N3O4S. The van der Waals surface area contributed by atoms with Crippen LogP contribution in [0.5, 0.6) is 0 Å². The minimum absolute atomic E-state index is 0.0952. The number of H-pyrrole nitrogens is 1. The highest BCUT2D eigenvalue weighted by Crippen LogP contribution is 2.22. The first-order valence-electron chi connectivity index (χ1n) is 6.85. The first kappa shape index (κ1) is 15.8. The Bertz CT molecular complexity index is 1000. The van der Waals surface area contributed by atoms with Gasteiger partial charge < -0.3 is 5.11 Å². The van der Waals surface area contributed by atoms with Crippen molar-refractivity contribution in [3.63, 3.8) is 0 Å². The average molecular weight is 343 g/mol. The lowest BCUT2D eigenvalue weighted by Gasteiger charge is -2.06. The van der Waals surface area contributed by atoms with Crippen LogP contribution < -0.4 is 0 Å². The number of nitrogens with one attached hydrogen (secondary N) is 1. The van der Waals surface area contributed by atoms with Crippen LogP contribution in [0.15, 0.2) is 66.6 Å². The van der Waals surface area contributed by atoms with Crippen LogP contribution >= 0.6 is 0 Å². The number of nitrogens with zero attached hydrogens (tertiary/aromatic N) is 2. The highest BCUT2D eigenvalue weighted by molar-refractivity contribution is 7.90. The molecule has 3 aromatic rings. The fraction of sp³-hybridized carbons (Fsp3) is 0. The van der Waals surface area contributed by atoms with Gasteiger partial charge in [0.15, 0.2) is 0 Å². The maximum absolute atomic E-state index is 12.6. The second-order valence-corrected chi connectivity index (χ2v) is 6.87. The summed E-state index contributed by atoms with van der Waals surface area (Å²) in [5.74, 6) is -1.20. The first-order chi connectivity index (χ1) is 11.4. The van der Waals surface area contributed by atoms with Crippen molar-refractivity contribution in [3.8, 4) is 11.1 Å². The molecule has 122 valence electrons. The van der Waals surface area contributed by atoms with E-state index in [-0.39, 0.29) is 16.0 Å². The van der Waals surface area contributed by atoms with Gasteiger partial charge in [0.05, 0.1) is 16.7 Å². The smallest absolute Gasteiger partial charge is 0.335 e. The Labute approximate surface area is 137 Å². The summed E-state index contributed by atoms with van der Waals surface area (Å²) in [4.78, 5) is 11.0. The molecule has 0 unspecified atom stereocenters. The third-order valence-electron chi connectivity index (χ3n) is 3.54. The number of rotatable bonds is 5. The van der Waals surface area contributed by atoms with E-state index in [9.17, 15) is 13.2 Å². The van der Waals surface area contributed by atoms with E-state index >= 15 is 0 Å². The number of aliphatic carboxylic acids is 1. The quantitative estimate of drug-likeness (QED) is 0.691. The summed E-state index contributed by atoms with van der Waals surface area (Å²) in [6.45, 7) is 3.42. The molecule has 0 saturated heterocycles. The predicted octanol–water partition coefficient (Wildman–Crippen LogP) is 2.21. The van der Waals surface area contributed by atoms with Gasteiger partial charge in [0, 0.05) is 29.7 Å². The lowest BCUT2D eigenvalue weighted by atomic mass is 10.1. The Balaban J connectivity index is 1.93. The number of benzene rings is 1. The molecule has 2 heterocycles. The van der Waals surface area contributed by atoms with Gasteiger partial charge in [-0.2, -0.15) is 5.10 Å². The highest BCUT2D eigenvalue weighted by Gasteiger charge is 2.18. The van der Waals surface area contributed by atoms with Crippen LogP contribution in [-0.2, 0) is 14.8 Å². The van der Waals surface area contributed by atoms with E-state index in [2.05, 4.69) is 16.8 Å². The second kappa shape index (κ2) is 5.82. The third-order valence-corrected chi connectivity index (χ3v) is 5.19. The van der Waals surface area contributed by atoms with E-state index in [1.54, 1.807) is 24.5 Å². The number of carboxylic acid groups (broad SMARTS) is 1. The SMILES string of the molecule is C=C(C(=O)O)c1ccn(S(=O)(=O)c2ccc(-c3cn[nH]c3)cc2)c1. The summed E-state index contributed by atoms with van der Waals surface area (Å²) in [5.41, 5.74) is 1.75. The molecule has 0 bridgehead atoms. The summed E-state index contributed by atoms with van der Waals surface area (Å²) in [5, 5.41) is 15.5. The van der Waals surface area contributed by atoms with Crippen molar-refractivity contribution < 1.29 is 18.3 Å². The van der Waals surface area contributed by atoms with Gasteiger partial charge in [-0.15, -0.1) is 0 Å². The van der Waals surface area contributed by atoms with Crippen molar-refractivity contribution in [2.24, 2.45) is 0 Å². The van der Waals surface area contributed by atoms with Gasteiger partial charge in [0.2, 0.25) is 0 Å². The van der Waals surface area contributed by atoms with Crippen molar-refractivity contribution >= 4 is 21.6 Å². The molecule has 24 heavy (non-hydrogen) atoms. The Morgan fingerprint density at radius 1 is 1.17 bits per heavy atom. The minimum atomic E-state index is -3.80. The predicted molar refractivity (Wildman–Crippen MR) is 87.7 cm³/mol. The van der Waals surface area contributed by atoms with Crippen LogP contribution in [-0.4, -0.2) is 33.7 Å². The van der Waals surface area contributed by atoms with Crippen molar-refractivity contribution in [3.05, 3.63) is 67.3 Å². The molecule has 2 N–H and O–H groups in total. The summed E-state index contributed by atoms with van der Waals surface area (Å²) >= 11 is 0. The zero-order valence-corrected chi connectivity index (χ0v) is 13.2. The molecule has 0 amide bonds. The number of aromatic amines is 1. The molecule has 0 spiro atoms.